The fraction of sp³-hybridized carbons (Fsp3) is 0.682. The number of alkyl halides is 3. The summed E-state index contributed by atoms with van der Waals surface area (Å²) in [6, 6.07) is 4.56. The van der Waals surface area contributed by atoms with E-state index < -0.39 is 17.3 Å². The summed E-state index contributed by atoms with van der Waals surface area (Å²) in [6.07, 6.45) is -3.46. The third-order valence-corrected chi connectivity index (χ3v) is 5.48. The van der Waals surface area contributed by atoms with Crippen molar-refractivity contribution in [2.45, 2.75) is 51.6 Å². The molecule has 31 heavy (non-hydrogen) atoms. The Labute approximate surface area is 182 Å². The van der Waals surface area contributed by atoms with Gasteiger partial charge in [-0.3, -0.25) is 9.89 Å². The first-order valence-electron chi connectivity index (χ1n) is 10.7. The number of benzene rings is 1. The Balaban J connectivity index is 1.66. The number of hydrogen-bond acceptors (Lipinski definition) is 4. The van der Waals surface area contributed by atoms with E-state index in [2.05, 4.69) is 20.1 Å². The zero-order chi connectivity index (χ0) is 22.6. The number of morpholine rings is 1. The van der Waals surface area contributed by atoms with Gasteiger partial charge >= 0.3 is 6.18 Å². The van der Waals surface area contributed by atoms with Crippen LogP contribution < -0.4 is 10.1 Å². The van der Waals surface area contributed by atoms with Crippen LogP contribution >= 0.6 is 0 Å². The van der Waals surface area contributed by atoms with Crippen molar-refractivity contribution in [1.82, 2.24) is 15.1 Å². The smallest absolute Gasteiger partial charge is 0.416 e. The number of rotatable bonds is 4. The maximum Gasteiger partial charge on any atom is 0.416 e. The summed E-state index contributed by atoms with van der Waals surface area (Å²) < 4.78 is 52.1. The van der Waals surface area contributed by atoms with Crippen molar-refractivity contribution < 1.29 is 22.6 Å². The number of guanidine groups is 1. The molecule has 1 atom stereocenters. The lowest BCUT2D eigenvalue weighted by atomic mass is 10.1. The van der Waals surface area contributed by atoms with E-state index >= 15 is 0 Å². The van der Waals surface area contributed by atoms with Crippen molar-refractivity contribution in [3.8, 4) is 5.75 Å². The van der Waals surface area contributed by atoms with Crippen LogP contribution in [0.1, 0.15) is 38.3 Å². The quantitative estimate of drug-likeness (QED) is 0.573. The van der Waals surface area contributed by atoms with E-state index in [1.165, 1.54) is 6.07 Å². The molecule has 0 spiro atoms. The Hall–Kier alpha value is -2.00. The number of nitrogens with zero attached hydrogens (tertiary/aromatic N) is 3. The number of nitrogens with one attached hydrogen (secondary N) is 1. The average Bonchev–Trinajstić information content (AvgIpc) is 3.18. The Bertz CT molecular complexity index is 771. The SMILES string of the molecule is CN=C(NCc1ccc(OC(C)(C)C)cc1C(F)(F)F)N1CCC(N2CCOCC2)C1. The van der Waals surface area contributed by atoms with E-state index in [9.17, 15) is 13.2 Å². The van der Waals surface area contributed by atoms with E-state index in [4.69, 9.17) is 9.47 Å². The van der Waals surface area contributed by atoms with Crippen LogP contribution in [-0.4, -0.2) is 73.8 Å². The van der Waals surface area contributed by atoms with Crippen LogP contribution in [-0.2, 0) is 17.5 Å². The molecule has 0 bridgehead atoms. The van der Waals surface area contributed by atoms with Gasteiger partial charge < -0.3 is 19.7 Å². The second kappa shape index (κ2) is 9.65. The molecule has 1 aromatic rings. The molecular weight excluding hydrogens is 409 g/mol. The summed E-state index contributed by atoms with van der Waals surface area (Å²) in [4.78, 5) is 8.84. The zero-order valence-corrected chi connectivity index (χ0v) is 18.8. The van der Waals surface area contributed by atoms with Gasteiger partial charge in [-0.25, -0.2) is 0 Å². The zero-order valence-electron chi connectivity index (χ0n) is 18.8. The van der Waals surface area contributed by atoms with Crippen LogP contribution in [0.2, 0.25) is 0 Å². The maximum atomic E-state index is 13.7. The van der Waals surface area contributed by atoms with Crippen LogP contribution in [0.3, 0.4) is 0 Å². The second-order valence-corrected chi connectivity index (χ2v) is 8.97. The van der Waals surface area contributed by atoms with E-state index in [0.717, 1.165) is 51.9 Å². The van der Waals surface area contributed by atoms with Crippen LogP contribution in [0, 0.1) is 0 Å². The van der Waals surface area contributed by atoms with Gasteiger partial charge in [-0.2, -0.15) is 13.2 Å². The standard InChI is InChI=1S/C22H33F3N4O2/c1-21(2,3)31-18-6-5-16(19(13-18)22(23,24)25)14-27-20(26-4)29-8-7-17(15-29)28-9-11-30-12-10-28/h5-6,13,17H,7-12,14-15H2,1-4H3,(H,26,27). The minimum atomic E-state index is -4.47. The van der Waals surface area contributed by atoms with Crippen molar-refractivity contribution in [2.75, 3.05) is 46.4 Å². The third kappa shape index (κ3) is 6.49. The lowest BCUT2D eigenvalue weighted by molar-refractivity contribution is -0.138. The summed E-state index contributed by atoms with van der Waals surface area (Å²) in [5.41, 5.74) is -1.10. The van der Waals surface area contributed by atoms with Gasteiger partial charge in [-0.1, -0.05) is 6.07 Å². The Morgan fingerprint density at radius 1 is 1.19 bits per heavy atom. The molecule has 6 nitrogen and oxygen atoms in total. The number of likely N-dealkylation sites (tertiary alicyclic amines) is 1. The highest BCUT2D eigenvalue weighted by atomic mass is 19.4. The summed E-state index contributed by atoms with van der Waals surface area (Å²) >= 11 is 0. The van der Waals surface area contributed by atoms with Gasteiger partial charge in [0.1, 0.15) is 11.4 Å². The normalized spacial score (nSPS) is 21.5. The van der Waals surface area contributed by atoms with Crippen LogP contribution in [0.25, 0.3) is 0 Å². The first-order chi connectivity index (χ1) is 14.6. The fourth-order valence-electron chi connectivity index (χ4n) is 4.07. The highest BCUT2D eigenvalue weighted by molar-refractivity contribution is 5.80. The predicted molar refractivity (Wildman–Crippen MR) is 114 cm³/mol. The Morgan fingerprint density at radius 3 is 2.52 bits per heavy atom. The van der Waals surface area contributed by atoms with Crippen LogP contribution in [0.5, 0.6) is 5.75 Å². The van der Waals surface area contributed by atoms with Gasteiger partial charge in [-0.05, 0) is 44.9 Å². The molecule has 0 aliphatic carbocycles. The van der Waals surface area contributed by atoms with Gasteiger partial charge in [0, 0.05) is 45.8 Å². The predicted octanol–water partition coefficient (Wildman–Crippen LogP) is 3.36. The molecule has 1 aromatic carbocycles. The lowest BCUT2D eigenvalue weighted by Gasteiger charge is -2.32. The highest BCUT2D eigenvalue weighted by Gasteiger charge is 2.35. The molecule has 1 N–H and O–H groups in total. The molecule has 174 valence electrons. The van der Waals surface area contributed by atoms with Crippen molar-refractivity contribution in [3.05, 3.63) is 29.3 Å². The summed E-state index contributed by atoms with van der Waals surface area (Å²) in [6.45, 7) is 10.4. The lowest BCUT2D eigenvalue weighted by Crippen LogP contribution is -2.46. The van der Waals surface area contributed by atoms with Gasteiger partial charge in [0.05, 0.1) is 18.8 Å². The molecule has 2 heterocycles. The molecular formula is C22H33F3N4O2. The first kappa shape index (κ1) is 23.7. The molecule has 3 rings (SSSR count). The molecule has 1 unspecified atom stereocenters. The molecule has 0 radical (unpaired) electrons. The largest absolute Gasteiger partial charge is 0.488 e. The maximum absolute atomic E-state index is 13.7. The minimum Gasteiger partial charge on any atom is -0.488 e. The van der Waals surface area contributed by atoms with Crippen LogP contribution in [0.4, 0.5) is 13.2 Å². The van der Waals surface area contributed by atoms with E-state index in [-0.39, 0.29) is 17.9 Å². The van der Waals surface area contributed by atoms with E-state index in [0.29, 0.717) is 12.0 Å². The van der Waals surface area contributed by atoms with Gasteiger partial charge in [0.25, 0.3) is 0 Å². The molecule has 2 aliphatic heterocycles. The molecule has 9 heteroatoms. The monoisotopic (exact) mass is 442 g/mol. The molecule has 2 saturated heterocycles. The van der Waals surface area contributed by atoms with Crippen molar-refractivity contribution in [2.24, 2.45) is 4.99 Å². The average molecular weight is 443 g/mol. The summed E-state index contributed by atoms with van der Waals surface area (Å²) in [7, 11) is 1.66. The number of halogens is 3. The molecule has 2 fully saturated rings. The molecule has 2 aliphatic rings. The van der Waals surface area contributed by atoms with Gasteiger partial charge in [0.15, 0.2) is 5.96 Å². The Kier molecular flexibility index (Phi) is 7.36. The second-order valence-electron chi connectivity index (χ2n) is 8.97. The number of hydrogen-bond donors (Lipinski definition) is 1. The van der Waals surface area contributed by atoms with E-state index in [1.54, 1.807) is 33.9 Å². The minimum absolute atomic E-state index is 0.0377. The molecule has 0 aromatic heterocycles. The van der Waals surface area contributed by atoms with Gasteiger partial charge in [0.2, 0.25) is 0 Å². The highest BCUT2D eigenvalue weighted by Crippen LogP contribution is 2.35. The van der Waals surface area contributed by atoms with Crippen molar-refractivity contribution >= 4 is 5.96 Å². The van der Waals surface area contributed by atoms with E-state index in [1.807, 2.05) is 0 Å². The summed E-state index contributed by atoms with van der Waals surface area (Å²) in [5.74, 6) is 0.833. The third-order valence-electron chi connectivity index (χ3n) is 5.48. The number of aliphatic imine (C=N–C) groups is 1. The topological polar surface area (TPSA) is 49.3 Å². The van der Waals surface area contributed by atoms with Crippen LogP contribution in [0.15, 0.2) is 23.2 Å². The van der Waals surface area contributed by atoms with Gasteiger partial charge in [-0.15, -0.1) is 0 Å². The summed E-state index contributed by atoms with van der Waals surface area (Å²) in [5, 5.41) is 3.12. The molecule has 0 saturated carbocycles. The first-order valence-corrected chi connectivity index (χ1v) is 10.7. The van der Waals surface area contributed by atoms with Crippen molar-refractivity contribution in [1.29, 1.82) is 0 Å². The molecule has 0 amide bonds. The van der Waals surface area contributed by atoms with Crippen molar-refractivity contribution in [3.63, 3.8) is 0 Å². The Morgan fingerprint density at radius 2 is 1.90 bits per heavy atom. The fourth-order valence-corrected chi connectivity index (χ4v) is 4.07. The number of ether oxygens (including phenoxy) is 2.